The number of rotatable bonds is 28. The normalized spacial score (nSPS) is 10.9. The molecule has 0 fully saturated rings. The van der Waals surface area contributed by atoms with Crippen molar-refractivity contribution in [2.45, 2.75) is 71.1 Å². The molecule has 0 aliphatic rings. The van der Waals surface area contributed by atoms with E-state index in [2.05, 4.69) is 20.1 Å². The fraction of sp³-hybridized carbons (Fsp3) is 0.320. The molecule has 0 spiro atoms. The van der Waals surface area contributed by atoms with Crippen LogP contribution in [0.15, 0.2) is 121 Å². The maximum atomic E-state index is 13.5. The van der Waals surface area contributed by atoms with Crippen LogP contribution in [0, 0.1) is 0 Å². The summed E-state index contributed by atoms with van der Waals surface area (Å²) in [5.74, 6) is -0.320. The molecule has 64 heavy (non-hydrogen) atoms. The third-order valence-electron chi connectivity index (χ3n) is 9.57. The van der Waals surface area contributed by atoms with Crippen LogP contribution in [0.4, 0.5) is 5.13 Å². The minimum atomic E-state index is -0.592. The van der Waals surface area contributed by atoms with E-state index in [9.17, 15) is 19.2 Å². The molecular weight excluding hydrogens is 835 g/mol. The first kappa shape index (κ1) is 48.2. The summed E-state index contributed by atoms with van der Waals surface area (Å²) < 4.78 is 34.5. The van der Waals surface area contributed by atoms with Crippen LogP contribution in [-0.4, -0.2) is 68.0 Å². The van der Waals surface area contributed by atoms with Crippen molar-refractivity contribution in [3.05, 3.63) is 133 Å². The van der Waals surface area contributed by atoms with Crippen LogP contribution in [0.5, 0.6) is 23.0 Å². The lowest BCUT2D eigenvalue weighted by Crippen LogP contribution is -2.18. The predicted molar refractivity (Wildman–Crippen MR) is 249 cm³/mol. The summed E-state index contributed by atoms with van der Waals surface area (Å²) in [6.07, 6.45) is 12.5. The summed E-state index contributed by atoms with van der Waals surface area (Å²) in [5.41, 5.74) is 1.92. The number of unbranched alkanes of at least 4 members (excludes halogenated alkanes) is 7. The topological polar surface area (TPSA) is 152 Å². The van der Waals surface area contributed by atoms with Gasteiger partial charge in [0.1, 0.15) is 23.0 Å². The molecule has 1 heterocycles. The number of thiazole rings is 1. The summed E-state index contributed by atoms with van der Waals surface area (Å²) in [6, 6.07) is 26.0. The largest absolute Gasteiger partial charge is 0.494 e. The SMILES string of the molecule is C=CC(=O)OCCCCCCOc1ccc(C(=O)Oc2ccc(OC(=O)c3ccc(OCCCCCCOC(=O)C=C)cc3)c(C=NN(CCCC)c3nc4ccccc4s3)c2)cc1. The zero-order valence-electron chi connectivity index (χ0n) is 36.2. The van der Waals surface area contributed by atoms with Crippen molar-refractivity contribution in [2.75, 3.05) is 38.0 Å². The molecule has 5 aromatic rings. The zero-order valence-corrected chi connectivity index (χ0v) is 37.1. The van der Waals surface area contributed by atoms with E-state index in [0.29, 0.717) is 61.2 Å². The molecule has 0 aliphatic heterocycles. The van der Waals surface area contributed by atoms with E-state index in [1.54, 1.807) is 72.9 Å². The van der Waals surface area contributed by atoms with Gasteiger partial charge in [-0.2, -0.15) is 5.10 Å². The van der Waals surface area contributed by atoms with Crippen molar-refractivity contribution >= 4 is 56.8 Å². The van der Waals surface area contributed by atoms with Crippen molar-refractivity contribution in [2.24, 2.45) is 5.10 Å². The van der Waals surface area contributed by atoms with Crippen molar-refractivity contribution in [3.63, 3.8) is 0 Å². The lowest BCUT2D eigenvalue weighted by Gasteiger charge is -2.16. The number of anilines is 1. The first-order valence-corrected chi connectivity index (χ1v) is 22.4. The molecule has 0 aliphatic carbocycles. The van der Waals surface area contributed by atoms with Crippen molar-refractivity contribution in [1.82, 2.24) is 4.98 Å². The quantitative estimate of drug-likeness (QED) is 0.0117. The number of hydrogen-bond donors (Lipinski definition) is 0. The number of para-hydroxylation sites is 1. The molecule has 0 saturated carbocycles. The minimum absolute atomic E-state index is 0.213. The van der Waals surface area contributed by atoms with Crippen LogP contribution >= 0.6 is 11.3 Å². The number of carbonyl (C=O) groups is 4. The number of carbonyl (C=O) groups excluding carboxylic acids is 4. The first-order valence-electron chi connectivity index (χ1n) is 21.6. The fourth-order valence-electron chi connectivity index (χ4n) is 6.05. The Labute approximate surface area is 378 Å². The van der Waals surface area contributed by atoms with Gasteiger partial charge in [-0.3, -0.25) is 0 Å². The number of esters is 4. The van der Waals surface area contributed by atoms with Crippen LogP contribution in [0.3, 0.4) is 0 Å². The number of fused-ring (bicyclic) bond motifs is 1. The highest BCUT2D eigenvalue weighted by Crippen LogP contribution is 2.30. The number of benzene rings is 4. The molecule has 4 aromatic carbocycles. The van der Waals surface area contributed by atoms with Gasteiger partial charge in [0.05, 0.1) is 54.0 Å². The van der Waals surface area contributed by atoms with E-state index in [4.69, 9.17) is 38.5 Å². The van der Waals surface area contributed by atoms with Crippen LogP contribution in [0.2, 0.25) is 0 Å². The summed E-state index contributed by atoms with van der Waals surface area (Å²) in [5, 5.41) is 7.36. The zero-order chi connectivity index (χ0) is 45.4. The number of nitrogens with zero attached hydrogens (tertiary/aromatic N) is 3. The van der Waals surface area contributed by atoms with Gasteiger partial charge in [0.25, 0.3) is 0 Å². The van der Waals surface area contributed by atoms with E-state index in [0.717, 1.165) is 91.7 Å². The molecule has 0 atom stereocenters. The Kier molecular flexibility index (Phi) is 20.1. The Hall–Kier alpha value is -6.80. The molecule has 0 radical (unpaired) electrons. The van der Waals surface area contributed by atoms with Gasteiger partial charge >= 0.3 is 23.9 Å². The van der Waals surface area contributed by atoms with Gasteiger partial charge in [0, 0.05) is 24.3 Å². The average Bonchev–Trinajstić information content (AvgIpc) is 3.76. The summed E-state index contributed by atoms with van der Waals surface area (Å²) in [4.78, 5) is 53.9. The minimum Gasteiger partial charge on any atom is -0.494 e. The lowest BCUT2D eigenvalue weighted by atomic mass is 10.2. The third-order valence-corrected chi connectivity index (χ3v) is 10.6. The van der Waals surface area contributed by atoms with Crippen molar-refractivity contribution in [3.8, 4) is 23.0 Å². The maximum absolute atomic E-state index is 13.5. The van der Waals surface area contributed by atoms with E-state index >= 15 is 0 Å². The first-order chi connectivity index (χ1) is 31.3. The van der Waals surface area contributed by atoms with Gasteiger partial charge < -0.3 is 28.4 Å². The number of hydrogen-bond acceptors (Lipinski definition) is 14. The Morgan fingerprint density at radius 2 is 1.17 bits per heavy atom. The van der Waals surface area contributed by atoms with Crippen LogP contribution < -0.4 is 24.0 Å². The fourth-order valence-corrected chi connectivity index (χ4v) is 7.00. The smallest absolute Gasteiger partial charge is 0.343 e. The van der Waals surface area contributed by atoms with E-state index in [1.807, 2.05) is 29.3 Å². The standard InChI is InChI=1S/C50H55N3O10S/c1-4-7-30-53(50-52-43-18-12-13-19-45(43)64-50)51-36-39-35-42(62-48(56)37-20-24-40(25-21-37)58-31-14-8-10-16-33-60-46(54)5-2)28-29-44(39)63-49(57)38-22-26-41(27-23-38)59-32-15-9-11-17-34-61-47(55)6-3/h5-6,12-13,18-29,35-36H,2-4,7-11,14-17,30-34H2,1H3. The highest BCUT2D eigenvalue weighted by Gasteiger charge is 2.17. The van der Waals surface area contributed by atoms with Crippen LogP contribution in [0.25, 0.3) is 10.2 Å². The van der Waals surface area contributed by atoms with Crippen LogP contribution in [-0.2, 0) is 19.1 Å². The third kappa shape index (κ3) is 16.2. The summed E-state index contributed by atoms with van der Waals surface area (Å²) in [7, 11) is 0. The molecule has 5 rings (SSSR count). The van der Waals surface area contributed by atoms with Gasteiger partial charge in [0.2, 0.25) is 5.13 Å². The maximum Gasteiger partial charge on any atom is 0.343 e. The number of ether oxygens (including phenoxy) is 6. The van der Waals surface area contributed by atoms with Gasteiger partial charge in [-0.05, 0) is 137 Å². The van der Waals surface area contributed by atoms with Gasteiger partial charge in [0.15, 0.2) is 0 Å². The molecule has 0 unspecified atom stereocenters. The molecule has 0 saturated heterocycles. The molecule has 13 nitrogen and oxygen atoms in total. The highest BCUT2D eigenvalue weighted by atomic mass is 32.1. The average molecular weight is 890 g/mol. The highest BCUT2D eigenvalue weighted by molar-refractivity contribution is 7.22. The lowest BCUT2D eigenvalue weighted by molar-refractivity contribution is -0.138. The Morgan fingerprint density at radius 3 is 1.72 bits per heavy atom. The molecule has 0 amide bonds. The summed E-state index contributed by atoms with van der Waals surface area (Å²) >= 11 is 1.53. The Balaban J connectivity index is 1.22. The molecular formula is C50H55N3O10S. The van der Waals surface area contributed by atoms with Crippen molar-refractivity contribution < 1.29 is 47.6 Å². The van der Waals surface area contributed by atoms with Gasteiger partial charge in [-0.1, -0.05) is 50.0 Å². The van der Waals surface area contributed by atoms with Crippen LogP contribution in [0.1, 0.15) is 97.4 Å². The van der Waals surface area contributed by atoms with Gasteiger partial charge in [-0.25, -0.2) is 29.2 Å². The molecule has 14 heteroatoms. The van der Waals surface area contributed by atoms with Crippen molar-refractivity contribution in [1.29, 1.82) is 0 Å². The summed E-state index contributed by atoms with van der Waals surface area (Å²) in [6.45, 7) is 11.2. The predicted octanol–water partition coefficient (Wildman–Crippen LogP) is 10.7. The monoisotopic (exact) mass is 889 g/mol. The molecule has 336 valence electrons. The van der Waals surface area contributed by atoms with E-state index in [1.165, 1.54) is 11.3 Å². The Morgan fingerprint density at radius 1 is 0.641 bits per heavy atom. The Bertz CT molecular complexity index is 2290. The van der Waals surface area contributed by atoms with E-state index in [-0.39, 0.29) is 11.5 Å². The number of aromatic nitrogens is 1. The second-order valence-corrected chi connectivity index (χ2v) is 15.5. The van der Waals surface area contributed by atoms with E-state index < -0.39 is 23.9 Å². The number of hydrazone groups is 1. The molecule has 0 bridgehead atoms. The van der Waals surface area contributed by atoms with Gasteiger partial charge in [-0.15, -0.1) is 0 Å². The molecule has 0 N–H and O–H groups in total. The second kappa shape index (κ2) is 26.6. The second-order valence-electron chi connectivity index (χ2n) is 14.5. The molecule has 1 aromatic heterocycles.